The van der Waals surface area contributed by atoms with Crippen molar-refractivity contribution in [2.24, 2.45) is 0 Å². The van der Waals surface area contributed by atoms with Crippen molar-refractivity contribution < 1.29 is 9.53 Å². The number of benzene rings is 2. The number of rotatable bonds is 4. The van der Waals surface area contributed by atoms with Crippen molar-refractivity contribution >= 4 is 38.4 Å². The van der Waals surface area contributed by atoms with Gasteiger partial charge in [-0.05, 0) is 42.0 Å². The predicted octanol–water partition coefficient (Wildman–Crippen LogP) is 3.69. The van der Waals surface area contributed by atoms with Gasteiger partial charge in [0.2, 0.25) is 5.56 Å². The van der Waals surface area contributed by atoms with Gasteiger partial charge in [0.1, 0.15) is 0 Å². The molecule has 1 aromatic heterocycles. The largest absolute Gasteiger partial charge is 0.380 e. The summed E-state index contributed by atoms with van der Waals surface area (Å²) in [6.45, 7) is 0.352. The van der Waals surface area contributed by atoms with E-state index in [4.69, 9.17) is 4.74 Å². The van der Waals surface area contributed by atoms with Crippen molar-refractivity contribution in [3.63, 3.8) is 0 Å². The molecular formula is C18H15BrN2O3. The molecule has 6 heteroatoms. The Labute approximate surface area is 146 Å². The zero-order valence-electron chi connectivity index (χ0n) is 12.9. The first kappa shape index (κ1) is 16.4. The molecule has 0 atom stereocenters. The summed E-state index contributed by atoms with van der Waals surface area (Å²) in [5, 5.41) is 3.72. The molecule has 3 aromatic rings. The van der Waals surface area contributed by atoms with Crippen LogP contribution < -0.4 is 10.9 Å². The number of ether oxygens (including phenoxy) is 1. The highest BCUT2D eigenvalue weighted by Crippen LogP contribution is 2.21. The molecule has 1 amide bonds. The minimum atomic E-state index is -0.211. The van der Waals surface area contributed by atoms with E-state index >= 15 is 0 Å². The molecule has 1 heterocycles. The average molecular weight is 387 g/mol. The van der Waals surface area contributed by atoms with Gasteiger partial charge < -0.3 is 15.0 Å². The maximum Gasteiger partial charge on any atom is 0.255 e. The molecule has 0 fully saturated rings. The van der Waals surface area contributed by atoms with Crippen molar-refractivity contribution in [1.82, 2.24) is 4.98 Å². The minimum Gasteiger partial charge on any atom is -0.380 e. The summed E-state index contributed by atoms with van der Waals surface area (Å²) >= 11 is 3.34. The van der Waals surface area contributed by atoms with Crippen molar-refractivity contribution in [2.45, 2.75) is 6.61 Å². The Balaban J connectivity index is 1.92. The number of carbonyl (C=O) groups excluding carboxylic acids is 1. The van der Waals surface area contributed by atoms with Gasteiger partial charge in [-0.3, -0.25) is 9.59 Å². The van der Waals surface area contributed by atoms with Gasteiger partial charge in [0.15, 0.2) is 0 Å². The molecule has 0 unspecified atom stereocenters. The number of methoxy groups -OCH3 is 1. The summed E-state index contributed by atoms with van der Waals surface area (Å²) in [5.41, 5.74) is 2.43. The Kier molecular flexibility index (Phi) is 4.78. The predicted molar refractivity (Wildman–Crippen MR) is 97.4 cm³/mol. The van der Waals surface area contributed by atoms with Gasteiger partial charge in [-0.15, -0.1) is 0 Å². The van der Waals surface area contributed by atoms with Crippen LogP contribution in [0, 0.1) is 0 Å². The van der Waals surface area contributed by atoms with Crippen LogP contribution in [-0.4, -0.2) is 18.0 Å². The first-order valence-corrected chi connectivity index (χ1v) is 8.08. The molecule has 24 heavy (non-hydrogen) atoms. The molecule has 0 aliphatic heterocycles. The molecule has 0 aliphatic rings. The fraction of sp³-hybridized carbons (Fsp3) is 0.111. The number of hydrogen-bond donors (Lipinski definition) is 2. The van der Waals surface area contributed by atoms with E-state index in [1.54, 1.807) is 31.4 Å². The summed E-state index contributed by atoms with van der Waals surface area (Å²) in [7, 11) is 1.58. The number of pyridine rings is 1. The van der Waals surface area contributed by atoms with E-state index in [1.165, 1.54) is 6.07 Å². The summed E-state index contributed by atoms with van der Waals surface area (Å²) in [5.74, 6) is -0.211. The lowest BCUT2D eigenvalue weighted by Crippen LogP contribution is -2.12. The number of hydrogen-bond acceptors (Lipinski definition) is 3. The second kappa shape index (κ2) is 6.98. The normalized spacial score (nSPS) is 10.8. The molecule has 3 rings (SSSR count). The third-order valence-electron chi connectivity index (χ3n) is 3.59. The fourth-order valence-electron chi connectivity index (χ4n) is 2.49. The van der Waals surface area contributed by atoms with E-state index < -0.39 is 0 Å². The lowest BCUT2D eigenvalue weighted by molar-refractivity contribution is 0.102. The molecule has 0 bridgehead atoms. The smallest absolute Gasteiger partial charge is 0.255 e. The highest BCUT2D eigenvalue weighted by molar-refractivity contribution is 9.10. The monoisotopic (exact) mass is 386 g/mol. The number of carbonyl (C=O) groups is 1. The Morgan fingerprint density at radius 1 is 1.17 bits per heavy atom. The minimum absolute atomic E-state index is 0.203. The van der Waals surface area contributed by atoms with Crippen LogP contribution in [0.15, 0.2) is 57.8 Å². The summed E-state index contributed by atoms with van der Waals surface area (Å²) in [4.78, 5) is 26.8. The van der Waals surface area contributed by atoms with Crippen LogP contribution in [0.4, 0.5) is 5.69 Å². The molecule has 2 aromatic carbocycles. The molecule has 5 nitrogen and oxygen atoms in total. The van der Waals surface area contributed by atoms with Gasteiger partial charge in [-0.25, -0.2) is 0 Å². The van der Waals surface area contributed by atoms with Gasteiger partial charge in [0.25, 0.3) is 5.91 Å². The van der Waals surface area contributed by atoms with E-state index in [0.717, 1.165) is 15.4 Å². The first-order chi connectivity index (χ1) is 11.6. The number of aromatic amines is 1. The zero-order chi connectivity index (χ0) is 17.1. The Hall–Kier alpha value is -2.44. The Morgan fingerprint density at radius 2 is 1.92 bits per heavy atom. The molecule has 0 radical (unpaired) electrons. The standard InChI is InChI=1S/C18H15BrN2O3/c1-24-10-12-8-17(22)21-16-9-14(6-7-15(12)16)20-18(23)11-2-4-13(19)5-3-11/h2-9H,10H2,1H3,(H,20,23)(H,21,22). The highest BCUT2D eigenvalue weighted by atomic mass is 79.9. The van der Waals surface area contributed by atoms with Gasteiger partial charge in [0.05, 0.1) is 12.1 Å². The highest BCUT2D eigenvalue weighted by Gasteiger charge is 2.08. The van der Waals surface area contributed by atoms with E-state index in [2.05, 4.69) is 26.2 Å². The van der Waals surface area contributed by atoms with Crippen LogP contribution >= 0.6 is 15.9 Å². The van der Waals surface area contributed by atoms with Gasteiger partial charge in [0, 0.05) is 34.3 Å². The third-order valence-corrected chi connectivity index (χ3v) is 4.12. The lowest BCUT2D eigenvalue weighted by Gasteiger charge is -2.09. The van der Waals surface area contributed by atoms with Gasteiger partial charge >= 0.3 is 0 Å². The molecule has 122 valence electrons. The maximum absolute atomic E-state index is 12.3. The lowest BCUT2D eigenvalue weighted by atomic mass is 10.1. The first-order valence-electron chi connectivity index (χ1n) is 7.28. The van der Waals surface area contributed by atoms with E-state index in [9.17, 15) is 9.59 Å². The molecule has 0 saturated heterocycles. The Morgan fingerprint density at radius 3 is 2.62 bits per heavy atom. The Bertz CT molecular complexity index is 949. The number of amides is 1. The van der Waals surface area contributed by atoms with E-state index in [-0.39, 0.29) is 11.5 Å². The number of anilines is 1. The van der Waals surface area contributed by atoms with Crippen molar-refractivity contribution in [3.8, 4) is 0 Å². The number of aromatic nitrogens is 1. The van der Waals surface area contributed by atoms with Gasteiger partial charge in [-0.2, -0.15) is 0 Å². The molecular weight excluding hydrogens is 372 g/mol. The summed E-state index contributed by atoms with van der Waals surface area (Å²) in [6, 6.07) is 14.0. The third kappa shape index (κ3) is 3.55. The van der Waals surface area contributed by atoms with E-state index in [0.29, 0.717) is 23.4 Å². The van der Waals surface area contributed by atoms with Crippen LogP contribution in [0.1, 0.15) is 15.9 Å². The second-order valence-corrected chi connectivity index (χ2v) is 6.23. The molecule has 0 saturated carbocycles. The molecule has 0 aliphatic carbocycles. The molecule has 0 spiro atoms. The quantitative estimate of drug-likeness (QED) is 0.718. The summed E-state index contributed by atoms with van der Waals surface area (Å²) < 4.78 is 6.04. The van der Waals surface area contributed by atoms with Crippen LogP contribution in [0.25, 0.3) is 10.9 Å². The van der Waals surface area contributed by atoms with E-state index in [1.807, 2.05) is 18.2 Å². The van der Waals surface area contributed by atoms with Crippen LogP contribution in [0.3, 0.4) is 0 Å². The van der Waals surface area contributed by atoms with Crippen LogP contribution in [0.5, 0.6) is 0 Å². The van der Waals surface area contributed by atoms with Gasteiger partial charge in [-0.1, -0.05) is 22.0 Å². The topological polar surface area (TPSA) is 71.2 Å². The number of nitrogens with one attached hydrogen (secondary N) is 2. The maximum atomic E-state index is 12.3. The van der Waals surface area contributed by atoms with Crippen molar-refractivity contribution in [2.75, 3.05) is 12.4 Å². The number of fused-ring (bicyclic) bond motifs is 1. The molecule has 2 N–H and O–H groups in total. The van der Waals surface area contributed by atoms with Crippen LogP contribution in [-0.2, 0) is 11.3 Å². The fourth-order valence-corrected chi connectivity index (χ4v) is 2.75. The van der Waals surface area contributed by atoms with Crippen molar-refractivity contribution in [1.29, 1.82) is 0 Å². The van der Waals surface area contributed by atoms with Crippen LogP contribution in [0.2, 0.25) is 0 Å². The second-order valence-electron chi connectivity index (χ2n) is 5.31. The van der Waals surface area contributed by atoms with Crippen molar-refractivity contribution in [3.05, 3.63) is 74.5 Å². The number of halogens is 1. The SMILES string of the molecule is COCc1cc(=O)[nH]c2cc(NC(=O)c3ccc(Br)cc3)ccc12. The zero-order valence-corrected chi connectivity index (χ0v) is 14.5. The number of H-pyrrole nitrogens is 1. The summed E-state index contributed by atoms with van der Waals surface area (Å²) in [6.07, 6.45) is 0. The average Bonchev–Trinajstić information content (AvgIpc) is 2.55.